The molecular formula is C17H19N3O2. The van der Waals surface area contributed by atoms with E-state index in [1.54, 1.807) is 0 Å². The molecule has 2 aliphatic heterocycles. The highest BCUT2D eigenvalue weighted by atomic mass is 16.5. The van der Waals surface area contributed by atoms with E-state index in [-0.39, 0.29) is 5.91 Å². The van der Waals surface area contributed by atoms with E-state index < -0.39 is 0 Å². The molecule has 2 aromatic rings. The fourth-order valence-corrected chi connectivity index (χ4v) is 3.76. The zero-order valence-corrected chi connectivity index (χ0v) is 12.8. The summed E-state index contributed by atoms with van der Waals surface area (Å²) in [5, 5.41) is 10.5. The molecule has 0 radical (unpaired) electrons. The fourth-order valence-electron chi connectivity index (χ4n) is 3.76. The number of nitrogens with zero attached hydrogens (tertiary/aromatic N) is 1. The Bertz CT molecular complexity index is 731. The van der Waals surface area contributed by atoms with Gasteiger partial charge in [-0.1, -0.05) is 17.3 Å². The zero-order chi connectivity index (χ0) is 15.3. The number of benzene rings is 1. The average Bonchev–Trinajstić information content (AvgIpc) is 3.08. The van der Waals surface area contributed by atoms with E-state index in [0.717, 1.165) is 53.3 Å². The smallest absolute Gasteiger partial charge is 0.251 e. The predicted molar refractivity (Wildman–Crippen MR) is 82.8 cm³/mol. The second kappa shape index (κ2) is 4.95. The van der Waals surface area contributed by atoms with E-state index >= 15 is 0 Å². The Morgan fingerprint density at radius 3 is 2.86 bits per heavy atom. The number of aryl methyl sites for hydroxylation is 2. The van der Waals surface area contributed by atoms with Gasteiger partial charge in [0.1, 0.15) is 5.76 Å². The number of rotatable bonds is 1. The lowest BCUT2D eigenvalue weighted by Crippen LogP contribution is -2.28. The maximum absolute atomic E-state index is 12.5. The number of carbonyl (C=O) groups is 1. The van der Waals surface area contributed by atoms with Crippen molar-refractivity contribution in [3.8, 4) is 11.1 Å². The summed E-state index contributed by atoms with van der Waals surface area (Å²) in [6.45, 7) is 6.48. The van der Waals surface area contributed by atoms with Crippen LogP contribution in [0.15, 0.2) is 22.7 Å². The number of fused-ring (bicyclic) bond motifs is 3. The number of nitrogens with one attached hydrogen (secondary N) is 2. The maximum atomic E-state index is 12.5. The normalized spacial score (nSPS) is 23.6. The van der Waals surface area contributed by atoms with E-state index in [4.69, 9.17) is 4.52 Å². The Morgan fingerprint density at radius 1 is 1.23 bits per heavy atom. The maximum Gasteiger partial charge on any atom is 0.251 e. The molecule has 0 bridgehead atoms. The molecule has 2 aliphatic rings. The molecule has 0 saturated carbocycles. The first-order valence-electron chi connectivity index (χ1n) is 7.71. The van der Waals surface area contributed by atoms with Gasteiger partial charge in [0, 0.05) is 36.7 Å². The van der Waals surface area contributed by atoms with Crippen molar-refractivity contribution in [2.24, 2.45) is 5.92 Å². The van der Waals surface area contributed by atoms with E-state index in [1.807, 2.05) is 19.9 Å². The molecule has 3 heterocycles. The minimum atomic E-state index is 0.0259. The molecule has 1 amide bonds. The van der Waals surface area contributed by atoms with Crippen LogP contribution in [0.3, 0.4) is 0 Å². The van der Waals surface area contributed by atoms with E-state index in [2.05, 4.69) is 27.9 Å². The van der Waals surface area contributed by atoms with Crippen molar-refractivity contribution in [3.63, 3.8) is 0 Å². The van der Waals surface area contributed by atoms with E-state index in [9.17, 15) is 4.79 Å². The van der Waals surface area contributed by atoms with Gasteiger partial charge in [-0.2, -0.15) is 0 Å². The van der Waals surface area contributed by atoms with Crippen molar-refractivity contribution in [1.29, 1.82) is 0 Å². The molecule has 2 atom stereocenters. The number of carbonyl (C=O) groups excluding carboxylic acids is 1. The molecule has 1 aromatic carbocycles. The highest BCUT2D eigenvalue weighted by molar-refractivity contribution is 5.97. The summed E-state index contributed by atoms with van der Waals surface area (Å²) < 4.78 is 5.25. The van der Waals surface area contributed by atoms with Gasteiger partial charge in [0.2, 0.25) is 0 Å². The van der Waals surface area contributed by atoms with Gasteiger partial charge in [-0.3, -0.25) is 4.79 Å². The second-order valence-electron chi connectivity index (χ2n) is 6.24. The van der Waals surface area contributed by atoms with Crippen molar-refractivity contribution < 1.29 is 9.32 Å². The van der Waals surface area contributed by atoms with Crippen LogP contribution >= 0.6 is 0 Å². The third-order valence-electron chi connectivity index (χ3n) is 4.88. The Kier molecular flexibility index (Phi) is 3.04. The SMILES string of the molecule is Cc1noc(C)c1-c1ccc2c(c1)C(=O)NCC1CNCC21. The van der Waals surface area contributed by atoms with Crippen LogP contribution in [0.25, 0.3) is 11.1 Å². The van der Waals surface area contributed by atoms with Gasteiger partial charge in [-0.15, -0.1) is 0 Å². The Morgan fingerprint density at radius 2 is 2.09 bits per heavy atom. The molecule has 5 nitrogen and oxygen atoms in total. The molecule has 1 saturated heterocycles. The molecule has 0 spiro atoms. The summed E-state index contributed by atoms with van der Waals surface area (Å²) in [6, 6.07) is 6.17. The molecule has 1 fully saturated rings. The quantitative estimate of drug-likeness (QED) is 0.845. The summed E-state index contributed by atoms with van der Waals surface area (Å²) in [7, 11) is 0. The summed E-state index contributed by atoms with van der Waals surface area (Å²) in [4.78, 5) is 12.5. The first-order valence-corrected chi connectivity index (χ1v) is 7.71. The lowest BCUT2D eigenvalue weighted by atomic mass is 9.86. The average molecular weight is 297 g/mol. The topological polar surface area (TPSA) is 67.2 Å². The van der Waals surface area contributed by atoms with Crippen LogP contribution < -0.4 is 10.6 Å². The highest BCUT2D eigenvalue weighted by Crippen LogP contribution is 2.35. The summed E-state index contributed by atoms with van der Waals surface area (Å²) in [5.74, 6) is 1.70. The summed E-state index contributed by atoms with van der Waals surface area (Å²) in [6.07, 6.45) is 0. The summed E-state index contributed by atoms with van der Waals surface area (Å²) in [5.41, 5.74) is 4.77. The minimum absolute atomic E-state index is 0.0259. The van der Waals surface area contributed by atoms with Crippen LogP contribution in [-0.2, 0) is 0 Å². The molecule has 0 aliphatic carbocycles. The molecule has 114 valence electrons. The molecular weight excluding hydrogens is 278 g/mol. The van der Waals surface area contributed by atoms with Crippen LogP contribution in [0.4, 0.5) is 0 Å². The van der Waals surface area contributed by atoms with Gasteiger partial charge < -0.3 is 15.2 Å². The first kappa shape index (κ1) is 13.5. The van der Waals surface area contributed by atoms with Gasteiger partial charge in [-0.25, -0.2) is 0 Å². The number of aromatic nitrogens is 1. The van der Waals surface area contributed by atoms with Crippen LogP contribution in [-0.4, -0.2) is 30.7 Å². The Balaban J connectivity index is 1.85. The third-order valence-corrected chi connectivity index (χ3v) is 4.88. The highest BCUT2D eigenvalue weighted by Gasteiger charge is 2.34. The van der Waals surface area contributed by atoms with Crippen LogP contribution in [0.5, 0.6) is 0 Å². The van der Waals surface area contributed by atoms with Crippen molar-refractivity contribution >= 4 is 5.91 Å². The van der Waals surface area contributed by atoms with Crippen LogP contribution in [0.2, 0.25) is 0 Å². The predicted octanol–water partition coefficient (Wildman–Crippen LogP) is 2.00. The molecule has 22 heavy (non-hydrogen) atoms. The number of hydrogen-bond acceptors (Lipinski definition) is 4. The standard InChI is InChI=1S/C17H19N3O2/c1-9-16(10(2)22-20-9)11-3-4-13-14(5-11)17(21)19-7-12-6-18-8-15(12)13/h3-5,12,15,18H,6-8H2,1-2H3,(H,19,21). The zero-order valence-electron chi connectivity index (χ0n) is 12.8. The lowest BCUT2D eigenvalue weighted by Gasteiger charge is -2.16. The van der Waals surface area contributed by atoms with E-state index in [1.165, 1.54) is 0 Å². The van der Waals surface area contributed by atoms with Crippen LogP contribution in [0, 0.1) is 19.8 Å². The van der Waals surface area contributed by atoms with Crippen molar-refractivity contribution in [3.05, 3.63) is 40.8 Å². The number of amides is 1. The molecule has 5 heteroatoms. The lowest BCUT2D eigenvalue weighted by molar-refractivity contribution is 0.0952. The molecule has 2 unspecified atom stereocenters. The van der Waals surface area contributed by atoms with Gasteiger partial charge >= 0.3 is 0 Å². The molecule has 2 N–H and O–H groups in total. The monoisotopic (exact) mass is 297 g/mol. The van der Waals surface area contributed by atoms with Gasteiger partial charge in [0.05, 0.1) is 5.69 Å². The third kappa shape index (κ3) is 1.96. The van der Waals surface area contributed by atoms with Crippen molar-refractivity contribution in [2.45, 2.75) is 19.8 Å². The van der Waals surface area contributed by atoms with Gasteiger partial charge in [0.25, 0.3) is 5.91 Å². The fraction of sp³-hybridized carbons (Fsp3) is 0.412. The molecule has 1 aromatic heterocycles. The second-order valence-corrected chi connectivity index (χ2v) is 6.24. The minimum Gasteiger partial charge on any atom is -0.361 e. The first-order chi connectivity index (χ1) is 10.6. The Hall–Kier alpha value is -2.14. The van der Waals surface area contributed by atoms with Crippen molar-refractivity contribution in [1.82, 2.24) is 15.8 Å². The summed E-state index contributed by atoms with van der Waals surface area (Å²) >= 11 is 0. The van der Waals surface area contributed by atoms with Gasteiger partial charge in [-0.05, 0) is 37.0 Å². The van der Waals surface area contributed by atoms with Crippen molar-refractivity contribution in [2.75, 3.05) is 19.6 Å². The largest absolute Gasteiger partial charge is 0.361 e. The van der Waals surface area contributed by atoms with Crippen LogP contribution in [0.1, 0.15) is 33.3 Å². The van der Waals surface area contributed by atoms with E-state index in [0.29, 0.717) is 11.8 Å². The molecule has 4 rings (SSSR count). The number of hydrogen-bond donors (Lipinski definition) is 2. The van der Waals surface area contributed by atoms with Gasteiger partial charge in [0.15, 0.2) is 0 Å². The Labute approximate surface area is 129 Å².